The van der Waals surface area contributed by atoms with Gasteiger partial charge in [0.2, 0.25) is 0 Å². The van der Waals surface area contributed by atoms with Crippen molar-refractivity contribution >= 4 is 51.5 Å². The summed E-state index contributed by atoms with van der Waals surface area (Å²) in [5.74, 6) is 0.262. The second-order valence-electron chi connectivity index (χ2n) is 17.1. The quantitative estimate of drug-likeness (QED) is 0.00975. The average molecular weight is 1010 g/mol. The summed E-state index contributed by atoms with van der Waals surface area (Å²) in [6.45, 7) is 12.8. The lowest BCUT2D eigenvalue weighted by Crippen LogP contribution is -2.09. The Morgan fingerprint density at radius 1 is 0.378 bits per heavy atom. The van der Waals surface area contributed by atoms with Crippen LogP contribution in [0.25, 0.3) is 32.9 Å². The number of nitrogens with zero attached hydrogens (tertiary/aromatic N) is 1. The van der Waals surface area contributed by atoms with Crippen molar-refractivity contribution in [2.24, 2.45) is 0 Å². The van der Waals surface area contributed by atoms with Crippen LogP contribution in [-0.4, -0.2) is 74.5 Å². The summed E-state index contributed by atoms with van der Waals surface area (Å²) in [6.07, 6.45) is 13.8. The van der Waals surface area contributed by atoms with E-state index in [4.69, 9.17) is 42.9 Å². The van der Waals surface area contributed by atoms with E-state index in [9.17, 15) is 24.0 Å². The maximum atomic E-state index is 13.5. The van der Waals surface area contributed by atoms with E-state index in [-0.39, 0.29) is 0 Å². The van der Waals surface area contributed by atoms with Crippen molar-refractivity contribution in [1.29, 1.82) is 0 Å². The first-order valence-corrected chi connectivity index (χ1v) is 25.0. The van der Waals surface area contributed by atoms with Gasteiger partial charge < -0.3 is 37.9 Å². The third-order valence-electron chi connectivity index (χ3n) is 11.6. The molecule has 6 aromatic rings. The zero-order chi connectivity index (χ0) is 52.3. The van der Waals surface area contributed by atoms with Crippen LogP contribution in [0.3, 0.4) is 0 Å². The summed E-state index contributed by atoms with van der Waals surface area (Å²) < 4.78 is 44.6. The highest BCUT2D eigenvalue weighted by Gasteiger charge is 2.17. The fraction of sp³-hybridized carbons (Fsp3) is 0.300. The van der Waals surface area contributed by atoms with Gasteiger partial charge in [0.1, 0.15) is 28.7 Å². The van der Waals surface area contributed by atoms with Gasteiger partial charge in [0.05, 0.1) is 62.0 Å². The molecule has 0 aliphatic heterocycles. The fourth-order valence-electron chi connectivity index (χ4n) is 7.67. The number of pyridine rings is 1. The second-order valence-corrected chi connectivity index (χ2v) is 17.1. The summed E-state index contributed by atoms with van der Waals surface area (Å²) in [5, 5.41) is 2.36. The predicted molar refractivity (Wildman–Crippen MR) is 283 cm³/mol. The lowest BCUT2D eigenvalue weighted by Gasteiger charge is -2.14. The molecule has 0 N–H and O–H groups in total. The summed E-state index contributed by atoms with van der Waals surface area (Å²) in [5.41, 5.74) is 2.67. The molecule has 0 fully saturated rings. The molecule has 14 heteroatoms. The molecule has 0 radical (unpaired) electrons. The second kappa shape index (κ2) is 29.9. The van der Waals surface area contributed by atoms with E-state index in [0.29, 0.717) is 90.7 Å². The molecule has 0 bridgehead atoms. The van der Waals surface area contributed by atoms with Gasteiger partial charge in [0.15, 0.2) is 0 Å². The molecule has 0 saturated carbocycles. The van der Waals surface area contributed by atoms with Gasteiger partial charge in [-0.25, -0.2) is 29.0 Å². The van der Waals surface area contributed by atoms with Gasteiger partial charge in [-0.3, -0.25) is 0 Å². The van der Waals surface area contributed by atoms with Crippen LogP contribution in [0.4, 0.5) is 0 Å². The number of esters is 5. The van der Waals surface area contributed by atoms with E-state index in [2.05, 4.69) is 19.7 Å². The van der Waals surface area contributed by atoms with Crippen molar-refractivity contribution in [2.45, 2.75) is 77.0 Å². The minimum absolute atomic E-state index is 0.309. The molecule has 1 heterocycles. The number of carbonyl (C=O) groups excluding carboxylic acids is 5. The number of hydrogen-bond acceptors (Lipinski definition) is 14. The highest BCUT2D eigenvalue weighted by atomic mass is 16.5. The molecule has 0 aliphatic carbocycles. The van der Waals surface area contributed by atoms with E-state index in [1.165, 1.54) is 0 Å². The van der Waals surface area contributed by atoms with Crippen LogP contribution in [0.1, 0.15) is 97.8 Å². The first-order chi connectivity index (χ1) is 36.1. The smallest absolute Gasteiger partial charge is 0.343 e. The van der Waals surface area contributed by atoms with Crippen molar-refractivity contribution in [2.75, 3.05) is 39.6 Å². The van der Waals surface area contributed by atoms with Crippen molar-refractivity contribution in [3.05, 3.63) is 158 Å². The molecule has 6 rings (SSSR count). The van der Waals surface area contributed by atoms with E-state index in [1.54, 1.807) is 72.8 Å². The molecule has 386 valence electrons. The normalized spacial score (nSPS) is 10.8. The first kappa shape index (κ1) is 55.1. The van der Waals surface area contributed by atoms with Crippen molar-refractivity contribution < 1.29 is 61.9 Å². The number of hydrogen-bond donors (Lipinski definition) is 0. The topological polar surface area (TPSA) is 172 Å². The molecule has 5 aromatic carbocycles. The van der Waals surface area contributed by atoms with Gasteiger partial charge in [-0.1, -0.05) is 19.7 Å². The Hall–Kier alpha value is -8.26. The van der Waals surface area contributed by atoms with Crippen molar-refractivity contribution in [3.8, 4) is 40.0 Å². The number of ether oxygens (including phenoxy) is 8. The highest BCUT2D eigenvalue weighted by Crippen LogP contribution is 2.37. The number of aromatic nitrogens is 1. The molecule has 0 spiro atoms. The summed E-state index contributed by atoms with van der Waals surface area (Å²) >= 11 is 0. The fourth-order valence-corrected chi connectivity index (χ4v) is 7.67. The summed E-state index contributed by atoms with van der Waals surface area (Å²) in [4.78, 5) is 65.6. The minimum atomic E-state index is -0.540. The van der Waals surface area contributed by atoms with Gasteiger partial charge >= 0.3 is 29.8 Å². The number of rotatable bonds is 32. The third kappa shape index (κ3) is 17.8. The Morgan fingerprint density at radius 2 is 0.730 bits per heavy atom. The Kier molecular flexibility index (Phi) is 22.3. The SMILES string of the molecule is C=CC(=O)OCCCCCCOc1ccc(C(=O)Oc2ccc3c(c2)nc(-c2ccc(OCCCCCCOC(=O)C=C)cc2)c2cc(OC(=O)c4ccc(OCCCCCCOC(=O)C=C)cc4)ccc23)cc1. The summed E-state index contributed by atoms with van der Waals surface area (Å²) in [6, 6.07) is 31.9. The van der Waals surface area contributed by atoms with E-state index in [0.717, 1.165) is 117 Å². The van der Waals surface area contributed by atoms with E-state index in [1.807, 2.05) is 36.4 Å². The molecular weight excluding hydrogens is 943 g/mol. The molecule has 0 aliphatic rings. The maximum Gasteiger partial charge on any atom is 0.343 e. The number of carbonyl (C=O) groups is 5. The minimum Gasteiger partial charge on any atom is -0.494 e. The predicted octanol–water partition coefficient (Wildman–Crippen LogP) is 12.5. The number of fused-ring (bicyclic) bond motifs is 3. The van der Waals surface area contributed by atoms with Gasteiger partial charge in [-0.2, -0.15) is 0 Å². The van der Waals surface area contributed by atoms with E-state index < -0.39 is 29.8 Å². The average Bonchev–Trinajstić information content (AvgIpc) is 3.43. The number of benzene rings is 5. The maximum absolute atomic E-state index is 13.5. The molecule has 0 atom stereocenters. The third-order valence-corrected chi connectivity index (χ3v) is 11.6. The molecule has 14 nitrogen and oxygen atoms in total. The Bertz CT molecular complexity index is 2840. The van der Waals surface area contributed by atoms with Crippen molar-refractivity contribution in [1.82, 2.24) is 4.98 Å². The monoisotopic (exact) mass is 1010 g/mol. The highest BCUT2D eigenvalue weighted by molar-refractivity contribution is 6.12. The Balaban J connectivity index is 1.11. The zero-order valence-corrected chi connectivity index (χ0v) is 41.7. The van der Waals surface area contributed by atoms with Crippen LogP contribution < -0.4 is 23.7 Å². The van der Waals surface area contributed by atoms with Crippen LogP contribution in [0.5, 0.6) is 28.7 Å². The van der Waals surface area contributed by atoms with Crippen LogP contribution in [0.2, 0.25) is 0 Å². The van der Waals surface area contributed by atoms with Crippen molar-refractivity contribution in [3.63, 3.8) is 0 Å². The largest absolute Gasteiger partial charge is 0.494 e. The van der Waals surface area contributed by atoms with Gasteiger partial charge in [0, 0.05) is 40.6 Å². The van der Waals surface area contributed by atoms with Gasteiger partial charge in [0.25, 0.3) is 0 Å². The van der Waals surface area contributed by atoms with Crippen LogP contribution in [-0.2, 0) is 28.6 Å². The molecule has 74 heavy (non-hydrogen) atoms. The Labute approximate surface area is 431 Å². The lowest BCUT2D eigenvalue weighted by atomic mass is 9.99. The summed E-state index contributed by atoms with van der Waals surface area (Å²) in [7, 11) is 0. The molecule has 0 unspecified atom stereocenters. The molecule has 0 amide bonds. The standard InChI is InChI=1S/C60H63NO13/c1-4-55(62)70-38-16-10-7-13-35-67-46-25-19-43(20-26-46)58-53-41-49(73-59(65)44-21-27-47(28-22-44)68-36-14-8-11-17-39-71-56(63)5-2)31-33-51(53)52-34-32-50(42-54(52)61-58)74-60(66)45-23-29-48(30-24-45)69-37-15-9-12-18-40-72-57(64)6-3/h4-6,19-34,41-42H,1-3,7-18,35-40H2. The van der Waals surface area contributed by atoms with Gasteiger partial charge in [-0.15, -0.1) is 0 Å². The Morgan fingerprint density at radius 3 is 1.14 bits per heavy atom. The van der Waals surface area contributed by atoms with Gasteiger partial charge in [-0.05, 0) is 186 Å². The molecule has 0 saturated heterocycles. The van der Waals surface area contributed by atoms with Crippen LogP contribution in [0, 0.1) is 0 Å². The molecule has 1 aromatic heterocycles. The first-order valence-electron chi connectivity index (χ1n) is 25.0. The lowest BCUT2D eigenvalue weighted by molar-refractivity contribution is -0.138. The number of unbranched alkanes of at least 4 members (excludes halogenated alkanes) is 9. The van der Waals surface area contributed by atoms with E-state index >= 15 is 0 Å². The zero-order valence-electron chi connectivity index (χ0n) is 41.7. The van der Waals surface area contributed by atoms with Crippen LogP contribution in [0.15, 0.2) is 147 Å². The van der Waals surface area contributed by atoms with Crippen LogP contribution >= 0.6 is 0 Å². The molecular formula is C60H63NO13.